The Morgan fingerprint density at radius 1 is 1.09 bits per heavy atom. The number of benzene rings is 2. The summed E-state index contributed by atoms with van der Waals surface area (Å²) >= 11 is 1.52. The van der Waals surface area contributed by atoms with E-state index in [1.54, 1.807) is 48.8 Å². The van der Waals surface area contributed by atoms with Gasteiger partial charge in [0.2, 0.25) is 0 Å². The van der Waals surface area contributed by atoms with E-state index in [4.69, 9.17) is 14.7 Å². The molecule has 0 saturated heterocycles. The van der Waals surface area contributed by atoms with Gasteiger partial charge in [-0.25, -0.2) is 9.97 Å². The van der Waals surface area contributed by atoms with E-state index in [2.05, 4.69) is 11.1 Å². The number of ether oxygens (including phenoxy) is 1. The Kier molecular flexibility index (Phi) is 5.97. The number of rotatable bonds is 7. The molecular formula is C25H17F2N5OS. The summed E-state index contributed by atoms with van der Waals surface area (Å²) < 4.78 is 32.6. The number of fused-ring (bicyclic) bond motifs is 1. The molecule has 5 aromatic rings. The highest BCUT2D eigenvalue weighted by Gasteiger charge is 2.17. The van der Waals surface area contributed by atoms with Crippen LogP contribution in [0.2, 0.25) is 0 Å². The standard InChI is InChI=1S/C25H17F2N5OS/c26-25(27)33-22-6-2-1-4-18(22)14-32-21-10-16(12-28)7-8-20(21)31-23(32)11-19-15-34-24(30-19)17-5-3-9-29-13-17/h1-10,13,15,25H,11,14H2. The molecule has 0 aliphatic carbocycles. The second-order valence-corrected chi connectivity index (χ2v) is 8.34. The van der Waals surface area contributed by atoms with Crippen LogP contribution in [-0.2, 0) is 13.0 Å². The maximum atomic E-state index is 13.0. The lowest BCUT2D eigenvalue weighted by Gasteiger charge is -2.13. The van der Waals surface area contributed by atoms with Gasteiger partial charge in [0.15, 0.2) is 0 Å². The monoisotopic (exact) mass is 473 g/mol. The highest BCUT2D eigenvalue weighted by atomic mass is 32.1. The fourth-order valence-corrected chi connectivity index (χ4v) is 4.55. The molecular weight excluding hydrogens is 456 g/mol. The smallest absolute Gasteiger partial charge is 0.387 e. The van der Waals surface area contributed by atoms with Gasteiger partial charge >= 0.3 is 6.61 Å². The molecule has 0 atom stereocenters. The molecule has 5 rings (SSSR count). The van der Waals surface area contributed by atoms with Crippen LogP contribution >= 0.6 is 11.3 Å². The first-order chi connectivity index (χ1) is 16.6. The average Bonchev–Trinajstić information content (AvgIpc) is 3.45. The molecule has 3 aromatic heterocycles. The molecule has 6 nitrogen and oxygen atoms in total. The van der Waals surface area contributed by atoms with Crippen molar-refractivity contribution in [2.24, 2.45) is 0 Å². The molecule has 0 saturated carbocycles. The van der Waals surface area contributed by atoms with E-state index >= 15 is 0 Å². The van der Waals surface area contributed by atoms with Crippen LogP contribution in [0.3, 0.4) is 0 Å². The Morgan fingerprint density at radius 2 is 1.97 bits per heavy atom. The first-order valence-electron chi connectivity index (χ1n) is 10.4. The number of aromatic nitrogens is 4. The van der Waals surface area contributed by atoms with Crippen molar-refractivity contribution in [3.05, 3.63) is 95.0 Å². The minimum Gasteiger partial charge on any atom is -0.434 e. The Balaban J connectivity index is 1.55. The molecule has 0 aliphatic heterocycles. The molecule has 9 heteroatoms. The van der Waals surface area contributed by atoms with Gasteiger partial charge in [0.1, 0.15) is 16.6 Å². The number of para-hydroxylation sites is 1. The summed E-state index contributed by atoms with van der Waals surface area (Å²) in [4.78, 5) is 13.7. The van der Waals surface area contributed by atoms with Crippen molar-refractivity contribution in [1.29, 1.82) is 5.26 Å². The summed E-state index contributed by atoms with van der Waals surface area (Å²) in [5.41, 5.74) is 4.29. The van der Waals surface area contributed by atoms with Gasteiger partial charge in [0.25, 0.3) is 0 Å². The summed E-state index contributed by atoms with van der Waals surface area (Å²) in [6.45, 7) is -2.67. The van der Waals surface area contributed by atoms with Crippen LogP contribution in [0, 0.1) is 11.3 Å². The Morgan fingerprint density at radius 3 is 2.76 bits per heavy atom. The molecule has 0 bridgehead atoms. The lowest BCUT2D eigenvalue weighted by Crippen LogP contribution is -2.10. The van der Waals surface area contributed by atoms with Gasteiger partial charge in [-0.15, -0.1) is 11.3 Å². The fourth-order valence-electron chi connectivity index (χ4n) is 3.74. The third kappa shape index (κ3) is 4.49. The van der Waals surface area contributed by atoms with Gasteiger partial charge in [-0.3, -0.25) is 4.98 Å². The van der Waals surface area contributed by atoms with Gasteiger partial charge in [-0.2, -0.15) is 14.0 Å². The number of nitriles is 1. The van der Waals surface area contributed by atoms with Crippen LogP contribution in [0.1, 0.15) is 22.6 Å². The minimum absolute atomic E-state index is 0.106. The number of pyridine rings is 1. The molecule has 0 unspecified atom stereocenters. The van der Waals surface area contributed by atoms with Crippen molar-refractivity contribution in [1.82, 2.24) is 19.5 Å². The topological polar surface area (TPSA) is 76.6 Å². The molecule has 0 aliphatic rings. The van der Waals surface area contributed by atoms with Crippen LogP contribution in [0.5, 0.6) is 5.75 Å². The highest BCUT2D eigenvalue weighted by Crippen LogP contribution is 2.28. The lowest BCUT2D eigenvalue weighted by molar-refractivity contribution is -0.0504. The van der Waals surface area contributed by atoms with Gasteiger partial charge < -0.3 is 9.30 Å². The number of halogens is 2. The fraction of sp³-hybridized carbons (Fsp3) is 0.120. The van der Waals surface area contributed by atoms with Crippen LogP contribution in [0.25, 0.3) is 21.6 Å². The van der Waals surface area contributed by atoms with E-state index in [0.29, 0.717) is 28.9 Å². The maximum absolute atomic E-state index is 13.0. The van der Waals surface area contributed by atoms with E-state index in [0.717, 1.165) is 21.8 Å². The van der Waals surface area contributed by atoms with E-state index in [1.807, 2.05) is 22.1 Å². The van der Waals surface area contributed by atoms with E-state index in [9.17, 15) is 14.0 Å². The van der Waals surface area contributed by atoms with Crippen molar-refractivity contribution in [3.63, 3.8) is 0 Å². The van der Waals surface area contributed by atoms with Crippen molar-refractivity contribution < 1.29 is 13.5 Å². The number of hydrogen-bond acceptors (Lipinski definition) is 6. The lowest BCUT2D eigenvalue weighted by atomic mass is 10.1. The molecule has 0 fully saturated rings. The Bertz CT molecular complexity index is 1490. The predicted octanol–water partition coefficient (Wildman–Crippen LogP) is 5.67. The summed E-state index contributed by atoms with van der Waals surface area (Å²) in [6.07, 6.45) is 3.91. The van der Waals surface area contributed by atoms with E-state index in [1.165, 1.54) is 17.4 Å². The summed E-state index contributed by atoms with van der Waals surface area (Å²) in [7, 11) is 0. The molecule has 0 spiro atoms. The first kappa shape index (κ1) is 21.7. The third-order valence-electron chi connectivity index (χ3n) is 5.27. The molecule has 34 heavy (non-hydrogen) atoms. The van der Waals surface area contributed by atoms with Crippen LogP contribution in [-0.4, -0.2) is 26.1 Å². The molecule has 0 N–H and O–H groups in total. The van der Waals surface area contributed by atoms with Crippen molar-refractivity contribution in [3.8, 4) is 22.4 Å². The SMILES string of the molecule is N#Cc1ccc2nc(Cc3csc(-c4cccnc4)n3)n(Cc3ccccc3OC(F)F)c2c1. The average molecular weight is 474 g/mol. The van der Waals surface area contributed by atoms with Crippen molar-refractivity contribution in [2.45, 2.75) is 19.6 Å². The van der Waals surface area contributed by atoms with Crippen LogP contribution in [0.4, 0.5) is 8.78 Å². The van der Waals surface area contributed by atoms with Crippen molar-refractivity contribution in [2.75, 3.05) is 0 Å². The molecule has 168 valence electrons. The number of hydrogen-bond donors (Lipinski definition) is 0. The second kappa shape index (κ2) is 9.37. The Labute approximate surface area is 197 Å². The van der Waals surface area contributed by atoms with Gasteiger partial charge in [0, 0.05) is 35.3 Å². The highest BCUT2D eigenvalue weighted by molar-refractivity contribution is 7.13. The van der Waals surface area contributed by atoms with Gasteiger partial charge in [-0.05, 0) is 36.4 Å². The summed E-state index contributed by atoms with van der Waals surface area (Å²) in [5.74, 6) is 0.814. The first-order valence-corrected chi connectivity index (χ1v) is 11.3. The second-order valence-electron chi connectivity index (χ2n) is 7.48. The molecule has 2 aromatic carbocycles. The number of imidazole rings is 1. The van der Waals surface area contributed by atoms with Crippen LogP contribution < -0.4 is 4.74 Å². The van der Waals surface area contributed by atoms with Crippen molar-refractivity contribution >= 4 is 22.4 Å². The maximum Gasteiger partial charge on any atom is 0.387 e. The van der Waals surface area contributed by atoms with Gasteiger partial charge in [-0.1, -0.05) is 18.2 Å². The van der Waals surface area contributed by atoms with Gasteiger partial charge in [0.05, 0.1) is 34.9 Å². The zero-order valence-corrected chi connectivity index (χ0v) is 18.5. The zero-order chi connectivity index (χ0) is 23.5. The molecule has 3 heterocycles. The summed E-state index contributed by atoms with van der Waals surface area (Å²) in [5, 5.41) is 12.2. The minimum atomic E-state index is -2.92. The number of nitrogens with zero attached hydrogens (tertiary/aromatic N) is 5. The van der Waals surface area contributed by atoms with E-state index in [-0.39, 0.29) is 12.3 Å². The number of alkyl halides is 2. The van der Waals surface area contributed by atoms with Crippen LogP contribution in [0.15, 0.2) is 72.4 Å². The predicted molar refractivity (Wildman–Crippen MR) is 125 cm³/mol. The third-order valence-corrected chi connectivity index (χ3v) is 6.21. The molecule has 0 amide bonds. The normalized spacial score (nSPS) is 11.1. The zero-order valence-electron chi connectivity index (χ0n) is 17.7. The van der Waals surface area contributed by atoms with E-state index < -0.39 is 6.61 Å². The molecule has 0 radical (unpaired) electrons. The quantitative estimate of drug-likeness (QED) is 0.305. The summed E-state index contributed by atoms with van der Waals surface area (Å²) in [6, 6.07) is 17.9. The Hall–Kier alpha value is -4.16. The number of thiazole rings is 1. The largest absolute Gasteiger partial charge is 0.434 e.